The molecule has 1 saturated carbocycles. The molecule has 0 heterocycles. The summed E-state index contributed by atoms with van der Waals surface area (Å²) < 4.78 is 0. The van der Waals surface area contributed by atoms with Crippen molar-refractivity contribution < 1.29 is 9.90 Å². The molecular weight excluding hydrogens is 202 g/mol. The van der Waals surface area contributed by atoms with Crippen molar-refractivity contribution in [1.29, 1.82) is 0 Å². The maximum atomic E-state index is 11.0. The van der Waals surface area contributed by atoms with Crippen LogP contribution < -0.4 is 4.90 Å². The first-order chi connectivity index (χ1) is 7.68. The van der Waals surface area contributed by atoms with E-state index in [-0.39, 0.29) is 0 Å². The van der Waals surface area contributed by atoms with Crippen molar-refractivity contribution in [3.63, 3.8) is 0 Å². The highest BCUT2D eigenvalue weighted by Crippen LogP contribution is 2.55. The van der Waals surface area contributed by atoms with Gasteiger partial charge in [-0.3, -0.25) is 4.90 Å². The van der Waals surface area contributed by atoms with Crippen molar-refractivity contribution in [3.05, 3.63) is 29.3 Å². The lowest BCUT2D eigenvalue weighted by molar-refractivity contribution is 0.203. The Morgan fingerprint density at radius 1 is 1.38 bits per heavy atom. The molecule has 0 spiro atoms. The summed E-state index contributed by atoms with van der Waals surface area (Å²) >= 11 is 0. The minimum absolute atomic E-state index is 0.595. The minimum Gasteiger partial charge on any atom is -0.465 e. The molecule has 0 saturated heterocycles. The number of amides is 1. The van der Waals surface area contributed by atoms with Crippen LogP contribution in [-0.4, -0.2) is 18.2 Å². The fraction of sp³-hybridized carbons (Fsp3) is 0.462. The lowest BCUT2D eigenvalue weighted by atomic mass is 9.90. The molecular formula is C13H15NO2. The second-order valence-corrected chi connectivity index (χ2v) is 4.83. The fourth-order valence-corrected chi connectivity index (χ4v) is 3.29. The van der Waals surface area contributed by atoms with Gasteiger partial charge in [-0.25, -0.2) is 4.79 Å². The molecule has 2 aliphatic rings. The highest BCUT2D eigenvalue weighted by molar-refractivity contribution is 5.87. The summed E-state index contributed by atoms with van der Waals surface area (Å²) in [7, 11) is 1.63. The van der Waals surface area contributed by atoms with Crippen molar-refractivity contribution >= 4 is 11.8 Å². The SMILES string of the molecule is CN(C(=O)O)c1cccc2c1C1CCC2C1. The van der Waals surface area contributed by atoms with Gasteiger partial charge in [0.05, 0.1) is 5.69 Å². The molecule has 0 aromatic heterocycles. The normalized spacial score (nSPS) is 25.6. The summed E-state index contributed by atoms with van der Waals surface area (Å²) in [6.45, 7) is 0. The smallest absolute Gasteiger partial charge is 0.411 e. The highest BCUT2D eigenvalue weighted by Gasteiger charge is 2.39. The van der Waals surface area contributed by atoms with Crippen molar-refractivity contribution in [3.8, 4) is 0 Å². The summed E-state index contributed by atoms with van der Waals surface area (Å²) in [5.74, 6) is 1.28. The molecule has 2 unspecified atom stereocenters. The van der Waals surface area contributed by atoms with Crippen molar-refractivity contribution in [2.75, 3.05) is 11.9 Å². The Morgan fingerprint density at radius 3 is 2.88 bits per heavy atom. The number of hydrogen-bond acceptors (Lipinski definition) is 1. The predicted molar refractivity (Wildman–Crippen MR) is 62.2 cm³/mol. The molecule has 2 bridgehead atoms. The van der Waals surface area contributed by atoms with Crippen LogP contribution in [0, 0.1) is 0 Å². The number of hydrogen-bond donors (Lipinski definition) is 1. The molecule has 0 radical (unpaired) electrons. The summed E-state index contributed by atoms with van der Waals surface area (Å²) in [6, 6.07) is 6.07. The Kier molecular flexibility index (Phi) is 1.96. The fourth-order valence-electron chi connectivity index (χ4n) is 3.29. The third-order valence-corrected chi connectivity index (χ3v) is 4.05. The Morgan fingerprint density at radius 2 is 2.12 bits per heavy atom. The molecule has 84 valence electrons. The van der Waals surface area contributed by atoms with Gasteiger partial charge in [0.15, 0.2) is 0 Å². The van der Waals surface area contributed by atoms with Crippen LogP contribution in [0.1, 0.15) is 42.2 Å². The van der Waals surface area contributed by atoms with Gasteiger partial charge in [-0.1, -0.05) is 12.1 Å². The Bertz CT molecular complexity index is 455. The molecule has 1 fully saturated rings. The van der Waals surface area contributed by atoms with E-state index in [1.165, 1.54) is 35.3 Å². The van der Waals surface area contributed by atoms with Crippen molar-refractivity contribution in [2.24, 2.45) is 0 Å². The molecule has 1 amide bonds. The van der Waals surface area contributed by atoms with Gasteiger partial charge >= 0.3 is 6.09 Å². The first-order valence-electron chi connectivity index (χ1n) is 5.78. The zero-order valence-corrected chi connectivity index (χ0v) is 9.31. The Hall–Kier alpha value is -1.51. The Labute approximate surface area is 94.7 Å². The third kappa shape index (κ3) is 1.17. The van der Waals surface area contributed by atoms with E-state index in [9.17, 15) is 4.79 Å². The zero-order valence-electron chi connectivity index (χ0n) is 9.31. The Balaban J connectivity index is 2.12. The molecule has 3 heteroatoms. The summed E-state index contributed by atoms with van der Waals surface area (Å²) in [5, 5.41) is 9.06. The molecule has 16 heavy (non-hydrogen) atoms. The molecule has 1 aromatic rings. The lowest BCUT2D eigenvalue weighted by Gasteiger charge is -2.23. The van der Waals surface area contributed by atoms with Gasteiger partial charge in [0.2, 0.25) is 0 Å². The van der Waals surface area contributed by atoms with E-state index in [1.54, 1.807) is 7.05 Å². The van der Waals surface area contributed by atoms with E-state index < -0.39 is 6.09 Å². The molecule has 1 aromatic carbocycles. The van der Waals surface area contributed by atoms with Crippen LogP contribution in [0.3, 0.4) is 0 Å². The van der Waals surface area contributed by atoms with E-state index in [0.717, 1.165) is 5.69 Å². The number of carbonyl (C=O) groups is 1. The summed E-state index contributed by atoms with van der Waals surface area (Å²) in [4.78, 5) is 12.4. The first kappa shape index (κ1) is 9.70. The first-order valence-corrected chi connectivity index (χ1v) is 5.78. The second kappa shape index (κ2) is 3.24. The summed E-state index contributed by atoms with van der Waals surface area (Å²) in [5.41, 5.74) is 3.57. The predicted octanol–water partition coefficient (Wildman–Crippen LogP) is 3.17. The number of carboxylic acid groups (broad SMARTS) is 1. The van der Waals surface area contributed by atoms with E-state index in [0.29, 0.717) is 11.8 Å². The van der Waals surface area contributed by atoms with Gasteiger partial charge in [0, 0.05) is 7.05 Å². The number of nitrogens with zero attached hydrogens (tertiary/aromatic N) is 1. The van der Waals surface area contributed by atoms with Crippen LogP contribution in [0.15, 0.2) is 18.2 Å². The second-order valence-electron chi connectivity index (χ2n) is 4.83. The molecule has 3 rings (SSSR count). The monoisotopic (exact) mass is 217 g/mol. The molecule has 2 atom stereocenters. The highest BCUT2D eigenvalue weighted by atomic mass is 16.4. The maximum Gasteiger partial charge on any atom is 0.411 e. The molecule has 2 aliphatic carbocycles. The average Bonchev–Trinajstić information content (AvgIpc) is 2.88. The maximum absolute atomic E-state index is 11.0. The molecule has 1 N–H and O–H groups in total. The topological polar surface area (TPSA) is 40.5 Å². The minimum atomic E-state index is -0.879. The number of fused-ring (bicyclic) bond motifs is 5. The van der Waals surface area contributed by atoms with Gasteiger partial charge in [0.1, 0.15) is 0 Å². The average molecular weight is 217 g/mol. The van der Waals surface area contributed by atoms with E-state index in [1.807, 2.05) is 12.1 Å². The van der Waals surface area contributed by atoms with Crippen molar-refractivity contribution in [2.45, 2.75) is 31.1 Å². The van der Waals surface area contributed by atoms with Crippen LogP contribution in [0.5, 0.6) is 0 Å². The van der Waals surface area contributed by atoms with Crippen molar-refractivity contribution in [1.82, 2.24) is 0 Å². The number of rotatable bonds is 1. The van der Waals surface area contributed by atoms with Crippen LogP contribution in [0.4, 0.5) is 10.5 Å². The zero-order chi connectivity index (χ0) is 11.3. The molecule has 3 nitrogen and oxygen atoms in total. The number of benzene rings is 1. The standard InChI is InChI=1S/C13H15NO2/c1-14(13(15)16)11-4-2-3-10-8-5-6-9(7-8)12(10)11/h2-4,8-9H,5-7H2,1H3,(H,15,16). The number of anilines is 1. The van der Waals surface area contributed by atoms with E-state index in [2.05, 4.69) is 6.07 Å². The van der Waals surface area contributed by atoms with Gasteiger partial charge < -0.3 is 5.11 Å². The van der Waals surface area contributed by atoms with Crippen LogP contribution in [0.2, 0.25) is 0 Å². The van der Waals surface area contributed by atoms with Gasteiger partial charge in [-0.15, -0.1) is 0 Å². The van der Waals surface area contributed by atoms with E-state index in [4.69, 9.17) is 5.11 Å². The van der Waals surface area contributed by atoms with Crippen LogP contribution in [-0.2, 0) is 0 Å². The van der Waals surface area contributed by atoms with Gasteiger partial charge in [0.25, 0.3) is 0 Å². The molecule has 0 aliphatic heterocycles. The van der Waals surface area contributed by atoms with Crippen LogP contribution in [0.25, 0.3) is 0 Å². The van der Waals surface area contributed by atoms with E-state index >= 15 is 0 Å². The van der Waals surface area contributed by atoms with Gasteiger partial charge in [-0.2, -0.15) is 0 Å². The van der Waals surface area contributed by atoms with Gasteiger partial charge in [-0.05, 0) is 48.3 Å². The van der Waals surface area contributed by atoms with Crippen LogP contribution >= 0.6 is 0 Å². The third-order valence-electron chi connectivity index (χ3n) is 4.05. The largest absolute Gasteiger partial charge is 0.465 e. The summed E-state index contributed by atoms with van der Waals surface area (Å²) in [6.07, 6.45) is 2.84. The lowest BCUT2D eigenvalue weighted by Crippen LogP contribution is -2.25. The quantitative estimate of drug-likeness (QED) is 0.784.